The molecule has 0 rings (SSSR count). The summed E-state index contributed by atoms with van der Waals surface area (Å²) in [6.07, 6.45) is 74.7. The first-order valence-corrected chi connectivity index (χ1v) is 31.3. The minimum absolute atomic E-state index is 0.0164. The smallest absolute Gasteiger partial charge is 0.305 e. The molecule has 6 heteroatoms. The third kappa shape index (κ3) is 55.4. The lowest BCUT2D eigenvalue weighted by Gasteiger charge is -2.20. The molecule has 3 N–H and O–H groups in total. The number of carbonyl (C=O) groups excluding carboxylic acids is 2. The molecule has 2 unspecified atom stereocenters. The van der Waals surface area contributed by atoms with Crippen LogP contribution in [-0.2, 0) is 14.3 Å². The van der Waals surface area contributed by atoms with E-state index in [-0.39, 0.29) is 18.5 Å². The second kappa shape index (κ2) is 59.6. The van der Waals surface area contributed by atoms with Crippen molar-refractivity contribution in [1.82, 2.24) is 5.32 Å². The molecule has 0 bridgehead atoms. The van der Waals surface area contributed by atoms with Gasteiger partial charge in [0.05, 0.1) is 25.4 Å². The maximum absolute atomic E-state index is 12.5. The molecule has 0 saturated carbocycles. The molecule has 6 nitrogen and oxygen atoms in total. The molecule has 0 radical (unpaired) electrons. The average Bonchev–Trinajstić information content (AvgIpc) is 3.36. The molecule has 0 heterocycles. The van der Waals surface area contributed by atoms with Gasteiger partial charge in [-0.05, 0) is 70.6 Å². The van der Waals surface area contributed by atoms with Crippen LogP contribution in [0.5, 0.6) is 0 Å². The van der Waals surface area contributed by atoms with Crippen LogP contribution in [0.3, 0.4) is 0 Å². The van der Waals surface area contributed by atoms with Crippen LogP contribution in [0.4, 0.5) is 0 Å². The lowest BCUT2D eigenvalue weighted by Crippen LogP contribution is -2.45. The fourth-order valence-electron chi connectivity index (χ4n) is 9.61. The number of rotatable bonds is 58. The molecule has 0 aliphatic heterocycles. The summed E-state index contributed by atoms with van der Waals surface area (Å²) in [6.45, 7) is 4.87. The summed E-state index contributed by atoms with van der Waals surface area (Å²) in [5.74, 6) is -0.0976. The van der Waals surface area contributed by atoms with Crippen molar-refractivity contribution in [2.75, 3.05) is 13.2 Å². The van der Waals surface area contributed by atoms with Gasteiger partial charge in [0.15, 0.2) is 0 Å². The monoisotopic (exact) mass is 984 g/mol. The molecule has 0 aromatic heterocycles. The first-order chi connectivity index (χ1) is 34.5. The molecular formula is C64H121NO5. The Morgan fingerprint density at radius 1 is 0.400 bits per heavy atom. The predicted molar refractivity (Wildman–Crippen MR) is 306 cm³/mol. The van der Waals surface area contributed by atoms with Crippen molar-refractivity contribution in [2.45, 2.75) is 347 Å². The molecule has 0 saturated heterocycles. The van der Waals surface area contributed by atoms with Gasteiger partial charge in [-0.1, -0.05) is 288 Å². The molecule has 0 fully saturated rings. The van der Waals surface area contributed by atoms with Crippen molar-refractivity contribution >= 4 is 11.9 Å². The van der Waals surface area contributed by atoms with Gasteiger partial charge < -0.3 is 20.3 Å². The van der Waals surface area contributed by atoms with Crippen LogP contribution in [-0.4, -0.2) is 47.4 Å². The van der Waals surface area contributed by atoms with E-state index in [1.807, 2.05) is 6.08 Å². The zero-order chi connectivity index (χ0) is 50.7. The van der Waals surface area contributed by atoms with Gasteiger partial charge in [0.1, 0.15) is 0 Å². The van der Waals surface area contributed by atoms with E-state index in [2.05, 4.69) is 43.5 Å². The summed E-state index contributed by atoms with van der Waals surface area (Å²) in [6, 6.07) is -0.641. The number of allylic oxidation sites excluding steroid dienone is 5. The Kier molecular flexibility index (Phi) is 58.0. The molecule has 0 aromatic rings. The summed E-state index contributed by atoms with van der Waals surface area (Å²) in [4.78, 5) is 24.5. The second-order valence-corrected chi connectivity index (χ2v) is 21.4. The van der Waals surface area contributed by atoms with Crippen LogP contribution in [0, 0.1) is 0 Å². The molecule has 412 valence electrons. The highest BCUT2D eigenvalue weighted by molar-refractivity contribution is 5.76. The quantitative estimate of drug-likeness (QED) is 0.0321. The highest BCUT2D eigenvalue weighted by atomic mass is 16.5. The largest absolute Gasteiger partial charge is 0.466 e. The zero-order valence-electron chi connectivity index (χ0n) is 47.0. The maximum atomic E-state index is 12.5. The lowest BCUT2D eigenvalue weighted by molar-refractivity contribution is -0.143. The van der Waals surface area contributed by atoms with Gasteiger partial charge in [0, 0.05) is 12.8 Å². The van der Waals surface area contributed by atoms with Crippen molar-refractivity contribution in [3.63, 3.8) is 0 Å². The van der Waals surface area contributed by atoms with E-state index in [1.54, 1.807) is 6.08 Å². The maximum Gasteiger partial charge on any atom is 0.305 e. The second-order valence-electron chi connectivity index (χ2n) is 21.4. The number of amides is 1. The van der Waals surface area contributed by atoms with Crippen molar-refractivity contribution in [3.05, 3.63) is 36.5 Å². The van der Waals surface area contributed by atoms with Gasteiger partial charge in [-0.25, -0.2) is 0 Å². The fourth-order valence-corrected chi connectivity index (χ4v) is 9.61. The first kappa shape index (κ1) is 68.1. The Labute approximate surface area is 436 Å². The minimum atomic E-state index is -0.857. The normalized spacial score (nSPS) is 12.8. The molecule has 0 aliphatic rings. The van der Waals surface area contributed by atoms with Crippen LogP contribution in [0.2, 0.25) is 0 Å². The number of hydrogen-bond donors (Lipinski definition) is 3. The zero-order valence-corrected chi connectivity index (χ0v) is 47.0. The van der Waals surface area contributed by atoms with E-state index < -0.39 is 12.1 Å². The van der Waals surface area contributed by atoms with Gasteiger partial charge >= 0.3 is 5.97 Å². The topological polar surface area (TPSA) is 95.9 Å². The summed E-state index contributed by atoms with van der Waals surface area (Å²) in [5.41, 5.74) is 0. The van der Waals surface area contributed by atoms with Crippen LogP contribution in [0.1, 0.15) is 335 Å². The van der Waals surface area contributed by atoms with E-state index in [9.17, 15) is 19.8 Å². The number of unbranched alkanes of at least 4 members (excludes halogenated alkanes) is 43. The fraction of sp³-hybridized carbons (Fsp3) is 0.875. The molecule has 2 atom stereocenters. The van der Waals surface area contributed by atoms with Crippen molar-refractivity contribution in [1.29, 1.82) is 0 Å². The molecule has 0 aliphatic carbocycles. The van der Waals surface area contributed by atoms with Gasteiger partial charge in [-0.2, -0.15) is 0 Å². The number of esters is 1. The van der Waals surface area contributed by atoms with Crippen molar-refractivity contribution in [2.24, 2.45) is 0 Å². The predicted octanol–water partition coefficient (Wildman–Crippen LogP) is 19.6. The Bertz CT molecular complexity index is 1130. The number of nitrogens with one attached hydrogen (secondary N) is 1. The number of aliphatic hydroxyl groups is 2. The molecule has 0 aromatic carbocycles. The summed E-state index contributed by atoms with van der Waals surface area (Å²) < 4.78 is 5.44. The lowest BCUT2D eigenvalue weighted by atomic mass is 10.0. The number of ether oxygens (including phenoxy) is 1. The van der Waals surface area contributed by atoms with Gasteiger partial charge in [0.25, 0.3) is 0 Å². The van der Waals surface area contributed by atoms with Crippen molar-refractivity contribution < 1.29 is 24.5 Å². The highest BCUT2D eigenvalue weighted by Crippen LogP contribution is 2.17. The average molecular weight is 985 g/mol. The van der Waals surface area contributed by atoms with Crippen LogP contribution < -0.4 is 5.32 Å². The Morgan fingerprint density at radius 2 is 0.714 bits per heavy atom. The Balaban J connectivity index is 3.52. The molecule has 70 heavy (non-hydrogen) atoms. The van der Waals surface area contributed by atoms with Crippen molar-refractivity contribution in [3.8, 4) is 0 Å². The van der Waals surface area contributed by atoms with Crippen LogP contribution in [0.25, 0.3) is 0 Å². The SMILES string of the molecule is CCCCCCCCCCCCCCCCCCCCCCCCC/C=C/C(O)C(CO)NC(=O)CCCCCCCCC/C=C\C/C=C\CCCCCOC(=O)CCCCCCCCCCCCC. The standard InChI is InChI=1S/C64H121NO5/c1-3-5-7-9-11-13-15-16-17-18-19-20-21-22-23-24-25-27-30-33-37-40-44-48-52-56-62(67)61(60-66)65-63(68)57-53-49-45-41-38-34-31-28-26-29-32-35-39-43-47-51-55-59-70-64(69)58-54-50-46-42-36-14-12-10-8-6-4-2/h26,29,35,39,52,56,61-62,66-67H,3-25,27-28,30-34,36-38,40-51,53-55,57-60H2,1-2H3,(H,65,68)/b29-26-,39-35-,56-52+. The Morgan fingerprint density at radius 3 is 1.09 bits per heavy atom. The van der Waals surface area contributed by atoms with E-state index in [4.69, 9.17) is 4.74 Å². The number of hydrogen-bond acceptors (Lipinski definition) is 5. The molecule has 1 amide bonds. The summed E-state index contributed by atoms with van der Waals surface area (Å²) in [7, 11) is 0. The third-order valence-electron chi connectivity index (χ3n) is 14.4. The van der Waals surface area contributed by atoms with Gasteiger partial charge in [0.2, 0.25) is 5.91 Å². The van der Waals surface area contributed by atoms with E-state index in [1.165, 1.54) is 225 Å². The van der Waals surface area contributed by atoms with Gasteiger partial charge in [-0.15, -0.1) is 0 Å². The number of carbonyl (C=O) groups is 2. The van der Waals surface area contributed by atoms with E-state index in [0.29, 0.717) is 19.4 Å². The van der Waals surface area contributed by atoms with Crippen LogP contribution >= 0.6 is 0 Å². The number of aliphatic hydroxyl groups excluding tert-OH is 2. The molecular weight excluding hydrogens is 863 g/mol. The minimum Gasteiger partial charge on any atom is -0.466 e. The van der Waals surface area contributed by atoms with E-state index in [0.717, 1.165) is 83.5 Å². The third-order valence-corrected chi connectivity index (χ3v) is 14.4. The summed E-state index contributed by atoms with van der Waals surface area (Å²) in [5, 5.41) is 23.2. The van der Waals surface area contributed by atoms with Crippen LogP contribution in [0.15, 0.2) is 36.5 Å². The van der Waals surface area contributed by atoms with E-state index >= 15 is 0 Å². The molecule has 0 spiro atoms. The Hall–Kier alpha value is -1.92. The highest BCUT2D eigenvalue weighted by Gasteiger charge is 2.18. The summed E-state index contributed by atoms with van der Waals surface area (Å²) >= 11 is 0. The van der Waals surface area contributed by atoms with Gasteiger partial charge in [-0.3, -0.25) is 9.59 Å². The first-order valence-electron chi connectivity index (χ1n) is 31.3.